The second-order valence-electron chi connectivity index (χ2n) is 14.0. The van der Waals surface area contributed by atoms with E-state index in [-0.39, 0.29) is 84.0 Å². The van der Waals surface area contributed by atoms with Crippen LogP contribution in [0, 0.1) is 49.4 Å². The van der Waals surface area contributed by atoms with Crippen LogP contribution in [0.1, 0.15) is 47.8 Å². The number of carbonyl (C=O) groups excluding carboxylic acids is 3. The van der Waals surface area contributed by atoms with E-state index in [4.69, 9.17) is 0 Å². The number of pyridine rings is 2. The SMILES string of the molecule is O=C(/C=C(/[O-])c1ccccc1)c1ccccc1.O=C(/C=C(/[O-])c1ccccc1)c1ccccc1.O=C(/C=C(/[O-])c1ccccc1)c1ccccc1.[Eu+3].c1cnc2c(c1)ccc1cccnc12. The van der Waals surface area contributed by atoms with Gasteiger partial charge in [0, 0.05) is 39.9 Å². The van der Waals surface area contributed by atoms with Crippen molar-refractivity contribution in [2.45, 2.75) is 0 Å². The summed E-state index contributed by atoms with van der Waals surface area (Å²) in [5.41, 5.74) is 5.10. The summed E-state index contributed by atoms with van der Waals surface area (Å²) in [4.78, 5) is 43.9. The zero-order valence-electron chi connectivity index (χ0n) is 35.4. The molecular formula is C57H41EuN2O6. The quantitative estimate of drug-likeness (QED) is 0.0602. The Morgan fingerprint density at radius 2 is 0.530 bits per heavy atom. The predicted octanol–water partition coefficient (Wildman–Crippen LogP) is 9.60. The summed E-state index contributed by atoms with van der Waals surface area (Å²) in [6.45, 7) is 0. The standard InChI is InChI=1S/3C15H12O2.C12H8N2.Eu/c3*16-14(12-7-3-1-4-8-12)11-15(17)13-9-5-2-6-10-13;1-3-9-5-6-10-4-2-8-14-12(10)11(9)13-7-1;/h3*1-11,16H;1-8H;/q;;;;+3/p-3/b3*14-11+;;. The molecule has 0 fully saturated rings. The van der Waals surface area contributed by atoms with Gasteiger partial charge in [-0.15, -0.1) is 0 Å². The van der Waals surface area contributed by atoms with E-state index in [0.717, 1.165) is 40.0 Å². The van der Waals surface area contributed by atoms with Crippen molar-refractivity contribution in [1.82, 2.24) is 9.97 Å². The van der Waals surface area contributed by atoms with Crippen LogP contribution in [-0.4, -0.2) is 27.3 Å². The van der Waals surface area contributed by atoms with Gasteiger partial charge >= 0.3 is 49.4 Å². The van der Waals surface area contributed by atoms with Crippen LogP contribution in [0.3, 0.4) is 0 Å². The van der Waals surface area contributed by atoms with Crippen LogP contribution >= 0.6 is 0 Å². The van der Waals surface area contributed by atoms with Crippen molar-refractivity contribution in [3.8, 4) is 0 Å². The molecule has 0 aliphatic carbocycles. The molecule has 0 spiro atoms. The third kappa shape index (κ3) is 15.1. The number of ketones is 3. The number of hydrogen-bond acceptors (Lipinski definition) is 8. The average molecular weight is 1000 g/mol. The monoisotopic (exact) mass is 1000 g/mol. The van der Waals surface area contributed by atoms with Crippen LogP contribution < -0.4 is 15.3 Å². The van der Waals surface area contributed by atoms with Gasteiger partial charge in [0.05, 0.1) is 11.0 Å². The third-order valence-corrected chi connectivity index (χ3v) is 9.48. The van der Waals surface area contributed by atoms with Gasteiger partial charge in [0.2, 0.25) is 0 Å². The first-order valence-corrected chi connectivity index (χ1v) is 20.5. The summed E-state index contributed by atoms with van der Waals surface area (Å²) in [6, 6.07) is 64.7. The van der Waals surface area contributed by atoms with Crippen molar-refractivity contribution in [2.75, 3.05) is 0 Å². The fraction of sp³-hybridized carbons (Fsp3) is 0. The van der Waals surface area contributed by atoms with Gasteiger partial charge in [-0.25, -0.2) is 0 Å². The molecule has 0 aliphatic heterocycles. The van der Waals surface area contributed by atoms with Crippen molar-refractivity contribution in [3.63, 3.8) is 0 Å². The minimum atomic E-state index is -0.264. The van der Waals surface area contributed by atoms with Crippen molar-refractivity contribution < 1.29 is 79.1 Å². The van der Waals surface area contributed by atoms with Gasteiger partial charge in [-0.1, -0.05) is 224 Å². The number of fused-ring (bicyclic) bond motifs is 3. The molecule has 9 rings (SSSR count). The Hall–Kier alpha value is -7.43. The van der Waals surface area contributed by atoms with E-state index in [1.165, 1.54) is 0 Å². The minimum Gasteiger partial charge on any atom is -0.872 e. The molecule has 322 valence electrons. The Kier molecular flexibility index (Phi) is 19.8. The number of nitrogens with zero attached hydrogens (tertiary/aromatic N) is 2. The molecule has 2 aromatic heterocycles. The van der Waals surface area contributed by atoms with Crippen LogP contribution in [0.2, 0.25) is 0 Å². The molecule has 8 nitrogen and oxygen atoms in total. The van der Waals surface area contributed by atoms with Crippen molar-refractivity contribution in [3.05, 3.63) is 282 Å². The van der Waals surface area contributed by atoms with Gasteiger partial charge in [0.15, 0.2) is 17.3 Å². The normalized spacial score (nSPS) is 10.9. The van der Waals surface area contributed by atoms with E-state index in [0.29, 0.717) is 33.4 Å². The predicted molar refractivity (Wildman–Crippen MR) is 253 cm³/mol. The van der Waals surface area contributed by atoms with Crippen LogP contribution in [0.15, 0.2) is 249 Å². The number of rotatable bonds is 9. The second kappa shape index (κ2) is 26.4. The molecule has 7 aromatic carbocycles. The minimum absolute atomic E-state index is 0. The molecule has 66 heavy (non-hydrogen) atoms. The van der Waals surface area contributed by atoms with Crippen molar-refractivity contribution in [1.29, 1.82) is 0 Å². The van der Waals surface area contributed by atoms with E-state index >= 15 is 0 Å². The summed E-state index contributed by atoms with van der Waals surface area (Å²) >= 11 is 0. The molecule has 0 unspecified atom stereocenters. The smallest absolute Gasteiger partial charge is 0.872 e. The Labute approximate surface area is 424 Å². The summed E-state index contributed by atoms with van der Waals surface area (Å²) in [5, 5.41) is 37.5. The van der Waals surface area contributed by atoms with Gasteiger partial charge in [0.1, 0.15) is 0 Å². The number of allylic oxidation sites excluding steroid dienone is 3. The maximum Gasteiger partial charge on any atom is 3.00 e. The Bertz CT molecular complexity index is 2740. The Morgan fingerprint density at radius 3 is 0.773 bits per heavy atom. The fourth-order valence-electron chi connectivity index (χ4n) is 6.15. The first-order valence-electron chi connectivity index (χ1n) is 20.5. The first kappa shape index (κ1) is 49.6. The van der Waals surface area contributed by atoms with Gasteiger partial charge in [-0.3, -0.25) is 24.4 Å². The molecule has 9 heteroatoms. The average Bonchev–Trinajstić information content (AvgIpc) is 3.38. The molecule has 0 amide bonds. The maximum atomic E-state index is 11.8. The topological polar surface area (TPSA) is 146 Å². The van der Waals surface area contributed by atoms with Crippen molar-refractivity contribution >= 4 is 56.4 Å². The van der Waals surface area contributed by atoms with Gasteiger partial charge in [-0.05, 0) is 47.1 Å². The van der Waals surface area contributed by atoms with E-state index in [9.17, 15) is 29.7 Å². The van der Waals surface area contributed by atoms with Crippen LogP contribution in [0.25, 0.3) is 39.1 Å². The molecule has 0 aliphatic rings. The zero-order valence-corrected chi connectivity index (χ0v) is 37.8. The Balaban J connectivity index is 0.000000164. The van der Waals surface area contributed by atoms with Crippen LogP contribution in [-0.2, 0) is 0 Å². The van der Waals surface area contributed by atoms with Crippen molar-refractivity contribution in [2.24, 2.45) is 0 Å². The number of carbonyl (C=O) groups is 3. The summed E-state index contributed by atoms with van der Waals surface area (Å²) in [7, 11) is 0. The van der Waals surface area contributed by atoms with Gasteiger partial charge < -0.3 is 15.3 Å². The number of hydrogen-bond donors (Lipinski definition) is 0. The largest absolute Gasteiger partial charge is 3.00 e. The molecule has 0 bridgehead atoms. The summed E-state index contributed by atoms with van der Waals surface area (Å²) in [6.07, 6.45) is 6.99. The molecule has 0 saturated heterocycles. The second-order valence-corrected chi connectivity index (χ2v) is 14.0. The molecule has 0 radical (unpaired) electrons. The van der Waals surface area contributed by atoms with E-state index < -0.39 is 0 Å². The maximum absolute atomic E-state index is 11.8. The number of benzene rings is 7. The molecule has 0 saturated carbocycles. The molecule has 0 atom stereocenters. The first-order chi connectivity index (χ1) is 31.8. The van der Waals surface area contributed by atoms with E-state index in [1.54, 1.807) is 158 Å². The Morgan fingerprint density at radius 1 is 0.303 bits per heavy atom. The summed E-state index contributed by atoms with van der Waals surface area (Å²) < 4.78 is 0. The zero-order chi connectivity index (χ0) is 45.6. The molecule has 2 heterocycles. The van der Waals surface area contributed by atoms with E-state index in [1.807, 2.05) is 48.5 Å². The van der Waals surface area contributed by atoms with E-state index in [2.05, 4.69) is 34.2 Å². The molecular weight excluding hydrogens is 961 g/mol. The molecule has 0 N–H and O–H groups in total. The number of aromatic nitrogens is 2. The van der Waals surface area contributed by atoms with Crippen LogP contribution in [0.4, 0.5) is 0 Å². The fourth-order valence-corrected chi connectivity index (χ4v) is 6.15. The third-order valence-electron chi connectivity index (χ3n) is 9.48. The van der Waals surface area contributed by atoms with Gasteiger partial charge in [-0.2, -0.15) is 0 Å². The van der Waals surface area contributed by atoms with Crippen LogP contribution in [0.5, 0.6) is 0 Å². The summed E-state index contributed by atoms with van der Waals surface area (Å²) in [5.74, 6) is -1.59. The molecule has 9 aromatic rings. The van der Waals surface area contributed by atoms with Gasteiger partial charge in [0.25, 0.3) is 0 Å².